The number of rotatable bonds is 4. The molecule has 0 aliphatic carbocycles. The van der Waals surface area contributed by atoms with Gasteiger partial charge in [0.05, 0.1) is 6.04 Å². The van der Waals surface area contributed by atoms with E-state index in [1.165, 1.54) is 4.90 Å². The quantitative estimate of drug-likeness (QED) is 0.670. The minimum Gasteiger partial charge on any atom is -0.309 e. The smallest absolute Gasteiger partial charge is 0.309 e. The number of carbonyl (C=O) groups excluding carboxylic acids is 2. The molecule has 2 bridgehead atoms. The SMILES string of the molecule is CC1(C)C[C@@H](C(=O)NN2CCCCC2)N2C[C@@H]1N(OS(=O)(=O)O)C2=O. The summed E-state index contributed by atoms with van der Waals surface area (Å²) in [5, 5.41) is 2.53. The zero-order chi connectivity index (χ0) is 18.4. The number of hydrogen-bond donors (Lipinski definition) is 2. The third kappa shape index (κ3) is 3.73. The van der Waals surface area contributed by atoms with Crippen LogP contribution in [0.3, 0.4) is 0 Å². The van der Waals surface area contributed by atoms with Crippen LogP contribution in [0, 0.1) is 5.41 Å². The van der Waals surface area contributed by atoms with Crippen LogP contribution in [-0.4, -0.2) is 71.6 Å². The molecule has 0 saturated carbocycles. The topological polar surface area (TPSA) is 119 Å². The van der Waals surface area contributed by atoms with Crippen molar-refractivity contribution in [2.45, 2.75) is 51.6 Å². The summed E-state index contributed by atoms with van der Waals surface area (Å²) in [6, 6.07) is -2.01. The summed E-state index contributed by atoms with van der Waals surface area (Å²) < 4.78 is 35.5. The van der Waals surface area contributed by atoms with Crippen LogP contribution in [0.5, 0.6) is 0 Å². The van der Waals surface area contributed by atoms with E-state index >= 15 is 0 Å². The van der Waals surface area contributed by atoms with Gasteiger partial charge >= 0.3 is 16.4 Å². The molecule has 0 unspecified atom stereocenters. The predicted octanol–water partition coefficient (Wildman–Crippen LogP) is 0.143. The number of nitrogens with zero attached hydrogens (tertiary/aromatic N) is 3. The zero-order valence-corrected chi connectivity index (χ0v) is 15.2. The monoisotopic (exact) mass is 376 g/mol. The fraction of sp³-hybridized carbons (Fsp3) is 0.857. The molecule has 0 aromatic rings. The van der Waals surface area contributed by atoms with E-state index in [1.54, 1.807) is 0 Å². The minimum atomic E-state index is -4.82. The third-order valence-electron chi connectivity index (χ3n) is 5.19. The van der Waals surface area contributed by atoms with E-state index in [0.29, 0.717) is 11.5 Å². The maximum atomic E-state index is 12.7. The molecular weight excluding hydrogens is 352 g/mol. The molecule has 10 nitrogen and oxygen atoms in total. The van der Waals surface area contributed by atoms with Crippen LogP contribution >= 0.6 is 0 Å². The zero-order valence-electron chi connectivity index (χ0n) is 14.3. The average Bonchev–Trinajstić information content (AvgIpc) is 2.79. The van der Waals surface area contributed by atoms with Crippen molar-refractivity contribution in [3.05, 3.63) is 0 Å². The van der Waals surface area contributed by atoms with Gasteiger partial charge in [0.1, 0.15) is 6.04 Å². The number of piperidine rings is 2. The van der Waals surface area contributed by atoms with Gasteiger partial charge in [0, 0.05) is 19.6 Å². The maximum Gasteiger partial charge on any atom is 0.418 e. The van der Waals surface area contributed by atoms with Crippen molar-refractivity contribution >= 4 is 22.3 Å². The Labute approximate surface area is 146 Å². The lowest BCUT2D eigenvalue weighted by atomic mass is 9.76. The molecule has 0 radical (unpaired) electrons. The Morgan fingerprint density at radius 3 is 2.52 bits per heavy atom. The van der Waals surface area contributed by atoms with Gasteiger partial charge in [-0.25, -0.2) is 9.80 Å². The van der Waals surface area contributed by atoms with Crippen molar-refractivity contribution in [2.75, 3.05) is 19.6 Å². The average molecular weight is 376 g/mol. The number of hydrogen-bond acceptors (Lipinski definition) is 6. The molecule has 3 heterocycles. The first-order valence-electron chi connectivity index (χ1n) is 8.41. The molecule has 2 N–H and O–H groups in total. The molecule has 0 aromatic heterocycles. The number of hydroxylamine groups is 2. The number of amides is 3. The van der Waals surface area contributed by atoms with Gasteiger partial charge in [-0.05, 0) is 24.7 Å². The first kappa shape index (κ1) is 18.4. The third-order valence-corrected chi connectivity index (χ3v) is 5.54. The Kier molecular flexibility index (Phi) is 4.69. The molecule has 3 aliphatic rings. The summed E-state index contributed by atoms with van der Waals surface area (Å²) in [5.74, 6) is -0.282. The summed E-state index contributed by atoms with van der Waals surface area (Å²) in [6.07, 6.45) is 3.53. The van der Waals surface area contributed by atoms with E-state index < -0.39 is 33.9 Å². The van der Waals surface area contributed by atoms with Crippen molar-refractivity contribution in [3.8, 4) is 0 Å². The van der Waals surface area contributed by atoms with Crippen LogP contribution in [-0.2, 0) is 19.5 Å². The lowest BCUT2D eigenvalue weighted by Crippen LogP contribution is -2.57. The first-order valence-corrected chi connectivity index (χ1v) is 9.77. The van der Waals surface area contributed by atoms with Crippen LogP contribution < -0.4 is 5.43 Å². The molecule has 3 amide bonds. The molecule has 3 rings (SSSR count). The molecular formula is C14H24N4O6S. The van der Waals surface area contributed by atoms with Crippen LogP contribution in [0.1, 0.15) is 39.5 Å². The Hall–Kier alpha value is -1.43. The highest BCUT2D eigenvalue weighted by Crippen LogP contribution is 2.42. The molecule has 0 aromatic carbocycles. The van der Waals surface area contributed by atoms with Gasteiger partial charge in [-0.1, -0.05) is 20.3 Å². The number of carbonyl (C=O) groups is 2. The summed E-state index contributed by atoms with van der Waals surface area (Å²) in [7, 11) is -4.82. The number of nitrogens with one attached hydrogen (secondary N) is 1. The molecule has 3 fully saturated rings. The van der Waals surface area contributed by atoms with E-state index in [1.807, 2.05) is 18.9 Å². The second-order valence-corrected chi connectivity index (χ2v) is 8.52. The van der Waals surface area contributed by atoms with Crippen LogP contribution in [0.25, 0.3) is 0 Å². The number of fused-ring (bicyclic) bond motifs is 2. The molecule has 3 saturated heterocycles. The van der Waals surface area contributed by atoms with Crippen molar-refractivity contribution in [2.24, 2.45) is 5.41 Å². The molecule has 11 heteroatoms. The fourth-order valence-corrected chi connectivity index (χ4v) is 4.19. The molecule has 3 aliphatic heterocycles. The molecule has 25 heavy (non-hydrogen) atoms. The Morgan fingerprint density at radius 1 is 1.28 bits per heavy atom. The van der Waals surface area contributed by atoms with Crippen molar-refractivity contribution < 1.29 is 26.8 Å². The Morgan fingerprint density at radius 2 is 1.92 bits per heavy atom. The second kappa shape index (κ2) is 6.38. The standard InChI is InChI=1S/C14H24N4O6S/c1-14(2)8-10(12(19)15-16-6-4-3-5-7-16)17-9-11(14)18(13(17)20)24-25(21,22)23/h10-11H,3-9H2,1-2H3,(H,15,19)(H,21,22,23)/t10-,11-/m0/s1. The first-order chi connectivity index (χ1) is 11.6. The maximum absolute atomic E-state index is 12.7. The van der Waals surface area contributed by atoms with Crippen molar-refractivity contribution in [3.63, 3.8) is 0 Å². The fourth-order valence-electron chi connectivity index (χ4n) is 3.82. The van der Waals surface area contributed by atoms with Gasteiger partial charge in [-0.15, -0.1) is 4.28 Å². The van der Waals surface area contributed by atoms with Crippen LogP contribution in [0.2, 0.25) is 0 Å². The summed E-state index contributed by atoms with van der Waals surface area (Å²) in [6.45, 7) is 5.40. The predicted molar refractivity (Wildman–Crippen MR) is 86.1 cm³/mol. The second-order valence-electron chi connectivity index (χ2n) is 7.51. The van der Waals surface area contributed by atoms with Gasteiger partial charge in [-0.2, -0.15) is 13.5 Å². The van der Waals surface area contributed by atoms with Crippen molar-refractivity contribution in [1.29, 1.82) is 0 Å². The number of hydrazine groups is 1. The van der Waals surface area contributed by atoms with E-state index in [4.69, 9.17) is 4.55 Å². The van der Waals surface area contributed by atoms with E-state index in [-0.39, 0.29) is 12.5 Å². The minimum absolute atomic E-state index is 0.166. The van der Waals surface area contributed by atoms with Gasteiger partial charge < -0.3 is 4.90 Å². The largest absolute Gasteiger partial charge is 0.418 e. The van der Waals surface area contributed by atoms with E-state index in [9.17, 15) is 18.0 Å². The Balaban J connectivity index is 1.77. The van der Waals surface area contributed by atoms with Gasteiger partial charge in [0.15, 0.2) is 0 Å². The van der Waals surface area contributed by atoms with Gasteiger partial charge in [0.2, 0.25) is 0 Å². The highest BCUT2D eigenvalue weighted by atomic mass is 32.3. The highest BCUT2D eigenvalue weighted by molar-refractivity contribution is 7.80. The molecule has 142 valence electrons. The van der Waals surface area contributed by atoms with Crippen LogP contribution in [0.15, 0.2) is 0 Å². The number of urea groups is 1. The van der Waals surface area contributed by atoms with Gasteiger partial charge in [-0.3, -0.25) is 14.8 Å². The summed E-state index contributed by atoms with van der Waals surface area (Å²) in [5.41, 5.74) is 2.31. The van der Waals surface area contributed by atoms with Gasteiger partial charge in [0.25, 0.3) is 5.91 Å². The molecule has 2 atom stereocenters. The summed E-state index contributed by atoms with van der Waals surface area (Å²) >= 11 is 0. The van der Waals surface area contributed by atoms with Crippen molar-refractivity contribution in [1.82, 2.24) is 20.4 Å². The lowest BCUT2D eigenvalue weighted by molar-refractivity contribution is -0.133. The normalized spacial score (nSPS) is 29.8. The molecule has 0 spiro atoms. The Bertz CT molecular complexity index is 660. The lowest BCUT2D eigenvalue weighted by Gasteiger charge is -2.41. The highest BCUT2D eigenvalue weighted by Gasteiger charge is 2.57. The van der Waals surface area contributed by atoms with E-state index in [2.05, 4.69) is 9.71 Å². The van der Waals surface area contributed by atoms with Crippen LogP contribution in [0.4, 0.5) is 4.79 Å². The van der Waals surface area contributed by atoms with E-state index in [0.717, 1.165) is 32.4 Å². The summed E-state index contributed by atoms with van der Waals surface area (Å²) in [4.78, 5) is 26.5.